The highest BCUT2D eigenvalue weighted by atomic mass is 32.1. The smallest absolute Gasteiger partial charge is 0.185 e. The van der Waals surface area contributed by atoms with Crippen LogP contribution in [0.4, 0.5) is 5.13 Å². The Morgan fingerprint density at radius 2 is 2.21 bits per heavy atom. The number of nitrogens with zero attached hydrogens (tertiary/aromatic N) is 3. The van der Waals surface area contributed by atoms with Crippen molar-refractivity contribution in [1.29, 1.82) is 0 Å². The summed E-state index contributed by atoms with van der Waals surface area (Å²) in [4.78, 5) is 12.4. The first-order valence-electron chi connectivity index (χ1n) is 6.37. The lowest BCUT2D eigenvalue weighted by Crippen LogP contribution is -2.17. The van der Waals surface area contributed by atoms with Crippen molar-refractivity contribution in [3.63, 3.8) is 0 Å². The first-order valence-corrected chi connectivity index (χ1v) is 7.18. The van der Waals surface area contributed by atoms with Crippen LogP contribution in [0.5, 0.6) is 0 Å². The Balaban J connectivity index is 2.07. The molecule has 5 heteroatoms. The molecule has 0 aliphatic carbocycles. The number of rotatable bonds is 5. The molecular formula is C14H20N4S. The molecule has 1 unspecified atom stereocenters. The number of anilines is 1. The van der Waals surface area contributed by atoms with E-state index in [1.165, 1.54) is 4.88 Å². The summed E-state index contributed by atoms with van der Waals surface area (Å²) in [6.45, 7) is 4.93. The number of thiazole rings is 1. The summed E-state index contributed by atoms with van der Waals surface area (Å²) in [6, 6.07) is 6.45. The van der Waals surface area contributed by atoms with Crippen molar-refractivity contribution in [2.75, 3.05) is 19.0 Å². The summed E-state index contributed by atoms with van der Waals surface area (Å²) in [5, 5.41) is 4.26. The lowest BCUT2D eigenvalue weighted by molar-refractivity contribution is 0.662. The van der Waals surface area contributed by atoms with E-state index < -0.39 is 0 Å². The fourth-order valence-electron chi connectivity index (χ4n) is 1.79. The Morgan fingerprint density at radius 3 is 2.89 bits per heavy atom. The van der Waals surface area contributed by atoms with Crippen LogP contribution < -0.4 is 10.2 Å². The van der Waals surface area contributed by atoms with Crippen LogP contribution >= 0.6 is 11.3 Å². The Labute approximate surface area is 118 Å². The summed E-state index contributed by atoms with van der Waals surface area (Å²) in [5.74, 6) is 0. The third-order valence-electron chi connectivity index (χ3n) is 3.04. The molecule has 1 atom stereocenters. The van der Waals surface area contributed by atoms with E-state index in [-0.39, 0.29) is 0 Å². The maximum atomic E-state index is 4.52. The highest BCUT2D eigenvalue weighted by Crippen LogP contribution is 2.26. The Kier molecular flexibility index (Phi) is 4.50. The zero-order valence-electron chi connectivity index (χ0n) is 11.8. The summed E-state index contributed by atoms with van der Waals surface area (Å²) >= 11 is 1.72. The predicted octanol–water partition coefficient (Wildman–Crippen LogP) is 2.76. The van der Waals surface area contributed by atoms with Crippen molar-refractivity contribution in [1.82, 2.24) is 15.3 Å². The molecule has 0 saturated heterocycles. The topological polar surface area (TPSA) is 41.1 Å². The van der Waals surface area contributed by atoms with Crippen molar-refractivity contribution < 1.29 is 0 Å². The number of hydrogen-bond donors (Lipinski definition) is 1. The van der Waals surface area contributed by atoms with Gasteiger partial charge in [-0.1, -0.05) is 6.07 Å². The number of pyridine rings is 1. The Bertz CT molecular complexity index is 538. The largest absolute Gasteiger partial charge is 0.345 e. The number of aromatic nitrogens is 2. The minimum atomic E-state index is 0.344. The predicted molar refractivity (Wildman–Crippen MR) is 80.7 cm³/mol. The highest BCUT2D eigenvalue weighted by Gasteiger charge is 2.11. The normalized spacial score (nSPS) is 12.4. The van der Waals surface area contributed by atoms with Crippen molar-refractivity contribution >= 4 is 16.5 Å². The molecule has 0 bridgehead atoms. The molecule has 0 aliphatic rings. The Morgan fingerprint density at radius 1 is 1.42 bits per heavy atom. The van der Waals surface area contributed by atoms with Crippen molar-refractivity contribution in [2.24, 2.45) is 0 Å². The van der Waals surface area contributed by atoms with Crippen molar-refractivity contribution in [3.05, 3.63) is 40.7 Å². The second-order valence-electron chi connectivity index (χ2n) is 4.68. The van der Waals surface area contributed by atoms with Gasteiger partial charge in [0.15, 0.2) is 5.13 Å². The van der Waals surface area contributed by atoms with E-state index in [0.29, 0.717) is 6.04 Å². The van der Waals surface area contributed by atoms with Gasteiger partial charge in [-0.3, -0.25) is 4.98 Å². The van der Waals surface area contributed by atoms with E-state index in [0.717, 1.165) is 23.1 Å². The molecule has 0 fully saturated rings. The van der Waals surface area contributed by atoms with Gasteiger partial charge < -0.3 is 10.2 Å². The van der Waals surface area contributed by atoms with Gasteiger partial charge in [0.2, 0.25) is 0 Å². The first kappa shape index (κ1) is 14.0. The number of hydrogen-bond acceptors (Lipinski definition) is 5. The van der Waals surface area contributed by atoms with Gasteiger partial charge in [-0.05, 0) is 33.0 Å². The molecule has 102 valence electrons. The van der Waals surface area contributed by atoms with Gasteiger partial charge in [-0.2, -0.15) is 0 Å². The molecule has 19 heavy (non-hydrogen) atoms. The van der Waals surface area contributed by atoms with Crippen LogP contribution in [0.25, 0.3) is 0 Å². The third kappa shape index (κ3) is 3.52. The van der Waals surface area contributed by atoms with Crippen molar-refractivity contribution in [2.45, 2.75) is 26.4 Å². The SMILES string of the molecule is CNC(C)c1cnc(N(C)Cc2cccc(C)n2)s1. The van der Waals surface area contributed by atoms with E-state index in [1.807, 2.05) is 38.4 Å². The maximum Gasteiger partial charge on any atom is 0.185 e. The molecule has 2 rings (SSSR count). The van der Waals surface area contributed by atoms with Crippen LogP contribution in [0.15, 0.2) is 24.4 Å². The monoisotopic (exact) mass is 276 g/mol. The van der Waals surface area contributed by atoms with Gasteiger partial charge in [0, 0.05) is 29.9 Å². The van der Waals surface area contributed by atoms with Crippen LogP contribution in [0.2, 0.25) is 0 Å². The average Bonchev–Trinajstić information content (AvgIpc) is 2.87. The van der Waals surface area contributed by atoms with Crippen LogP contribution in [0.3, 0.4) is 0 Å². The van der Waals surface area contributed by atoms with Gasteiger partial charge in [0.1, 0.15) is 0 Å². The van der Waals surface area contributed by atoms with Crippen LogP contribution in [-0.2, 0) is 6.54 Å². The lowest BCUT2D eigenvalue weighted by atomic mass is 10.3. The standard InChI is InChI=1S/C14H20N4S/c1-10-6-5-7-12(17-10)9-18(4)14-16-8-13(19-14)11(2)15-3/h5-8,11,15H,9H2,1-4H3. The van der Waals surface area contributed by atoms with Gasteiger partial charge in [0.05, 0.1) is 12.2 Å². The van der Waals surface area contributed by atoms with Gasteiger partial charge in [-0.15, -0.1) is 11.3 Å². The molecule has 4 nitrogen and oxygen atoms in total. The first-order chi connectivity index (χ1) is 9.10. The van der Waals surface area contributed by atoms with E-state index in [4.69, 9.17) is 0 Å². The fraction of sp³-hybridized carbons (Fsp3) is 0.429. The zero-order valence-corrected chi connectivity index (χ0v) is 12.7. The molecule has 2 aromatic rings. The second kappa shape index (κ2) is 6.12. The molecule has 2 aromatic heterocycles. The highest BCUT2D eigenvalue weighted by molar-refractivity contribution is 7.15. The summed E-state index contributed by atoms with van der Waals surface area (Å²) < 4.78 is 0. The molecule has 2 heterocycles. The molecule has 1 N–H and O–H groups in total. The molecule has 0 aromatic carbocycles. The minimum Gasteiger partial charge on any atom is -0.345 e. The van der Waals surface area contributed by atoms with Gasteiger partial charge in [0.25, 0.3) is 0 Å². The molecule has 0 amide bonds. The summed E-state index contributed by atoms with van der Waals surface area (Å²) in [7, 11) is 4.01. The quantitative estimate of drug-likeness (QED) is 0.911. The van der Waals surface area contributed by atoms with E-state index in [1.54, 1.807) is 11.3 Å². The van der Waals surface area contributed by atoms with Crippen molar-refractivity contribution in [3.8, 4) is 0 Å². The summed E-state index contributed by atoms with van der Waals surface area (Å²) in [6.07, 6.45) is 1.95. The molecule has 0 radical (unpaired) electrons. The van der Waals surface area contributed by atoms with Crippen LogP contribution in [0, 0.1) is 6.92 Å². The molecule has 0 saturated carbocycles. The molecule has 0 spiro atoms. The minimum absolute atomic E-state index is 0.344. The van der Waals surface area contributed by atoms with Crippen LogP contribution in [-0.4, -0.2) is 24.1 Å². The average molecular weight is 276 g/mol. The zero-order chi connectivity index (χ0) is 13.8. The number of nitrogens with one attached hydrogen (secondary N) is 1. The number of aryl methyl sites for hydroxylation is 1. The van der Waals surface area contributed by atoms with Gasteiger partial charge >= 0.3 is 0 Å². The van der Waals surface area contributed by atoms with Gasteiger partial charge in [-0.25, -0.2) is 4.98 Å². The summed E-state index contributed by atoms with van der Waals surface area (Å²) in [5.41, 5.74) is 2.12. The van der Waals surface area contributed by atoms with E-state index >= 15 is 0 Å². The Hall–Kier alpha value is -1.46. The second-order valence-corrected chi connectivity index (χ2v) is 5.72. The molecule has 0 aliphatic heterocycles. The fourth-order valence-corrected chi connectivity index (χ4v) is 2.73. The third-order valence-corrected chi connectivity index (χ3v) is 4.34. The lowest BCUT2D eigenvalue weighted by Gasteiger charge is -2.15. The molecular weight excluding hydrogens is 256 g/mol. The van der Waals surface area contributed by atoms with E-state index in [9.17, 15) is 0 Å². The van der Waals surface area contributed by atoms with Crippen LogP contribution in [0.1, 0.15) is 29.2 Å². The maximum absolute atomic E-state index is 4.52. The van der Waals surface area contributed by atoms with E-state index in [2.05, 4.69) is 34.2 Å².